The summed E-state index contributed by atoms with van der Waals surface area (Å²) in [5.74, 6) is 1.55. The van der Waals surface area contributed by atoms with Gasteiger partial charge in [0.15, 0.2) is 23.0 Å². The molecule has 41 heavy (non-hydrogen) atoms. The van der Waals surface area contributed by atoms with Crippen LogP contribution >= 0.6 is 0 Å². The smallest absolute Gasteiger partial charge is 0.313 e. The monoisotopic (exact) mass is 565 g/mol. The Kier molecular flexibility index (Phi) is 6.40. The first-order chi connectivity index (χ1) is 19.7. The van der Waals surface area contributed by atoms with Crippen LogP contribution < -0.4 is 29.2 Å². The van der Waals surface area contributed by atoms with Gasteiger partial charge in [0, 0.05) is 31.5 Å². The maximum Gasteiger partial charge on any atom is 0.313 e. The molecule has 12 nitrogen and oxygen atoms in total. The molecule has 0 spiro atoms. The molecule has 1 fully saturated rings. The van der Waals surface area contributed by atoms with Gasteiger partial charge in [-0.15, -0.1) is 5.10 Å². The van der Waals surface area contributed by atoms with Crippen molar-refractivity contribution < 1.29 is 33.6 Å². The van der Waals surface area contributed by atoms with Gasteiger partial charge in [0.1, 0.15) is 12.4 Å². The number of aromatic nitrogens is 3. The van der Waals surface area contributed by atoms with Crippen LogP contribution in [-0.4, -0.2) is 80.9 Å². The number of carbonyl (C=O) groups excluding carboxylic acids is 1. The summed E-state index contributed by atoms with van der Waals surface area (Å²) >= 11 is 0. The molecule has 3 heterocycles. The zero-order valence-electron chi connectivity index (χ0n) is 24.1. The first-order valence-electron chi connectivity index (χ1n) is 13.5. The fourth-order valence-corrected chi connectivity index (χ4v) is 6.76. The van der Waals surface area contributed by atoms with Crippen molar-refractivity contribution in [3.8, 4) is 28.7 Å². The third-order valence-corrected chi connectivity index (χ3v) is 9.20. The van der Waals surface area contributed by atoms with Gasteiger partial charge in [-0.1, -0.05) is 12.1 Å². The summed E-state index contributed by atoms with van der Waals surface area (Å²) in [7, 11) is 6.86. The largest absolute Gasteiger partial charge is 0.502 e. The summed E-state index contributed by atoms with van der Waals surface area (Å²) in [6.45, 7) is 5.78. The van der Waals surface area contributed by atoms with Gasteiger partial charge in [-0.2, -0.15) is 0 Å². The molecule has 0 bridgehead atoms. The summed E-state index contributed by atoms with van der Waals surface area (Å²) in [5.41, 5.74) is 0.648. The van der Waals surface area contributed by atoms with Gasteiger partial charge in [0.2, 0.25) is 12.5 Å². The van der Waals surface area contributed by atoms with Gasteiger partial charge >= 0.3 is 5.97 Å². The van der Waals surface area contributed by atoms with Crippen molar-refractivity contribution in [3.05, 3.63) is 47.2 Å². The summed E-state index contributed by atoms with van der Waals surface area (Å²) in [5, 5.41) is 22.8. The van der Waals surface area contributed by atoms with Crippen LogP contribution in [0.1, 0.15) is 42.5 Å². The fraction of sp³-hybridized carbons (Fsp3) is 0.483. The normalized spacial score (nSPS) is 25.9. The van der Waals surface area contributed by atoms with E-state index in [9.17, 15) is 9.90 Å². The van der Waals surface area contributed by atoms with Gasteiger partial charge in [0.25, 0.3) is 0 Å². The Morgan fingerprint density at radius 1 is 1.10 bits per heavy atom. The van der Waals surface area contributed by atoms with Crippen LogP contribution in [0.5, 0.6) is 28.7 Å². The van der Waals surface area contributed by atoms with Crippen LogP contribution in [-0.2, 0) is 9.53 Å². The fourth-order valence-electron chi connectivity index (χ4n) is 6.76. The van der Waals surface area contributed by atoms with Crippen molar-refractivity contribution in [2.75, 3.05) is 59.7 Å². The van der Waals surface area contributed by atoms with Crippen molar-refractivity contribution in [1.29, 1.82) is 0 Å². The minimum atomic E-state index is -1.07. The molecular weight excluding hydrogens is 530 g/mol. The molecule has 3 aliphatic rings. The number of benzene rings is 2. The third-order valence-electron chi connectivity index (χ3n) is 9.20. The Morgan fingerprint density at radius 2 is 1.76 bits per heavy atom. The summed E-state index contributed by atoms with van der Waals surface area (Å²) in [6.07, 6.45) is 1.74. The standard InChI is InChI=1S/C29H35N5O7/c1-28-14-39-27(36)29(28,2)24(16-9-21(37-5)25(35)22(10-16)38-6)17-11-19-20(41-15-40-19)12-18(17)26(28)34-23(13-31-32-34)33(4)8-7-30-3/h9-13,24,26,30,35H,7-8,14-15H2,1-6H3/t24-,26?,28-,29+/m1/s1. The Hall–Kier alpha value is -4.19. The maximum absolute atomic E-state index is 14.0. The van der Waals surface area contributed by atoms with E-state index in [4.69, 9.17) is 23.7 Å². The average molecular weight is 566 g/mol. The van der Waals surface area contributed by atoms with E-state index in [1.54, 1.807) is 18.3 Å². The van der Waals surface area contributed by atoms with E-state index >= 15 is 0 Å². The minimum Gasteiger partial charge on any atom is -0.502 e. The van der Waals surface area contributed by atoms with E-state index in [0.717, 1.165) is 35.6 Å². The quantitative estimate of drug-likeness (QED) is 0.391. The number of esters is 1. The predicted octanol–water partition coefficient (Wildman–Crippen LogP) is 2.69. The number of phenolic OH excluding ortho intramolecular Hbond substituents is 1. The number of aromatic hydroxyl groups is 1. The van der Waals surface area contributed by atoms with Crippen LogP contribution in [0.25, 0.3) is 0 Å². The zero-order valence-corrected chi connectivity index (χ0v) is 24.1. The minimum absolute atomic E-state index is 0.103. The van der Waals surface area contributed by atoms with Crippen molar-refractivity contribution in [2.24, 2.45) is 10.8 Å². The molecule has 218 valence electrons. The van der Waals surface area contributed by atoms with Crippen molar-refractivity contribution in [2.45, 2.75) is 25.8 Å². The number of rotatable bonds is 8. The van der Waals surface area contributed by atoms with E-state index in [1.165, 1.54) is 14.2 Å². The lowest BCUT2D eigenvalue weighted by Gasteiger charge is -2.52. The first kappa shape index (κ1) is 27.0. The van der Waals surface area contributed by atoms with Gasteiger partial charge in [-0.25, -0.2) is 4.68 Å². The number of nitrogens with one attached hydrogen (secondary N) is 1. The number of cyclic esters (lactones) is 1. The van der Waals surface area contributed by atoms with Crippen LogP contribution in [0, 0.1) is 10.8 Å². The Morgan fingerprint density at radius 3 is 2.39 bits per heavy atom. The highest BCUT2D eigenvalue weighted by molar-refractivity contribution is 5.84. The molecular formula is C29H35N5O7. The highest BCUT2D eigenvalue weighted by atomic mass is 16.7. The Balaban J connectivity index is 1.65. The third kappa shape index (κ3) is 3.73. The van der Waals surface area contributed by atoms with Gasteiger partial charge in [-0.05, 0) is 54.9 Å². The number of anilines is 1. The second kappa shape index (κ2) is 9.72. The summed E-state index contributed by atoms with van der Waals surface area (Å²) in [4.78, 5) is 16.0. The lowest BCUT2D eigenvalue weighted by molar-refractivity contribution is -0.147. The van der Waals surface area contributed by atoms with Crippen LogP contribution in [0.15, 0.2) is 30.5 Å². The molecule has 1 unspecified atom stereocenters. The van der Waals surface area contributed by atoms with E-state index in [-0.39, 0.29) is 36.6 Å². The molecule has 4 atom stereocenters. The average Bonchev–Trinajstić information content (AvgIpc) is 3.69. The Labute approximate surface area is 238 Å². The van der Waals surface area contributed by atoms with Crippen molar-refractivity contribution in [1.82, 2.24) is 20.3 Å². The van der Waals surface area contributed by atoms with Crippen LogP contribution in [0.2, 0.25) is 0 Å². The van der Waals surface area contributed by atoms with E-state index in [1.807, 2.05) is 37.8 Å². The Bertz CT molecular complexity index is 1480. The van der Waals surface area contributed by atoms with E-state index in [0.29, 0.717) is 11.5 Å². The number of nitrogens with zero attached hydrogens (tertiary/aromatic N) is 4. The number of fused-ring (bicyclic) bond motifs is 3. The maximum atomic E-state index is 14.0. The molecule has 0 amide bonds. The second-order valence-corrected chi connectivity index (χ2v) is 11.2. The zero-order chi connectivity index (χ0) is 29.1. The lowest BCUT2D eigenvalue weighted by atomic mass is 9.49. The van der Waals surface area contributed by atoms with Crippen molar-refractivity contribution >= 4 is 11.8 Å². The first-order valence-corrected chi connectivity index (χ1v) is 13.5. The molecule has 2 aromatic carbocycles. The molecule has 3 aromatic rings. The molecule has 2 N–H and O–H groups in total. The predicted molar refractivity (Wildman–Crippen MR) is 148 cm³/mol. The second-order valence-electron chi connectivity index (χ2n) is 11.2. The van der Waals surface area contributed by atoms with E-state index < -0.39 is 22.8 Å². The highest BCUT2D eigenvalue weighted by Gasteiger charge is 2.69. The number of hydrogen-bond acceptors (Lipinski definition) is 11. The lowest BCUT2D eigenvalue weighted by Crippen LogP contribution is -2.53. The highest BCUT2D eigenvalue weighted by Crippen LogP contribution is 2.68. The number of likely N-dealkylation sites (N-methyl/N-ethyl adjacent to an activating group) is 2. The molecule has 0 radical (unpaired) electrons. The van der Waals surface area contributed by atoms with Crippen LogP contribution in [0.3, 0.4) is 0 Å². The molecule has 12 heteroatoms. The molecule has 0 saturated carbocycles. The summed E-state index contributed by atoms with van der Waals surface area (Å²) in [6, 6.07) is 6.99. The molecule has 1 aliphatic carbocycles. The number of hydrogen-bond donors (Lipinski definition) is 2. The number of methoxy groups -OCH3 is 2. The topological polar surface area (TPSA) is 129 Å². The number of ether oxygens (including phenoxy) is 5. The van der Waals surface area contributed by atoms with Gasteiger partial charge in [0.05, 0.1) is 31.9 Å². The summed E-state index contributed by atoms with van der Waals surface area (Å²) < 4.78 is 30.5. The molecule has 1 aromatic heterocycles. The van der Waals surface area contributed by atoms with E-state index in [2.05, 4.69) is 27.5 Å². The van der Waals surface area contributed by atoms with Crippen LogP contribution in [0.4, 0.5) is 5.82 Å². The number of carbonyl (C=O) groups is 1. The SMILES string of the molecule is CNCCN(C)c1cnnn1C1c2cc3c(cc2[C@@H](c2cc(OC)c(O)c(OC)c2)[C@@]2(C)C(=O)OC[C@]12C)OCO3. The van der Waals surface area contributed by atoms with Crippen molar-refractivity contribution in [3.63, 3.8) is 0 Å². The molecule has 1 saturated heterocycles. The molecule has 2 aliphatic heterocycles. The van der Waals surface area contributed by atoms with Gasteiger partial charge < -0.3 is 39.0 Å². The number of phenols is 1. The van der Waals surface area contributed by atoms with Gasteiger partial charge in [-0.3, -0.25) is 4.79 Å². The molecule has 6 rings (SSSR count).